The highest BCUT2D eigenvalue weighted by molar-refractivity contribution is 6.21. The fourth-order valence-corrected chi connectivity index (χ4v) is 18.5. The molecule has 5 heteroatoms. The first-order valence-electron chi connectivity index (χ1n) is 36.6. The summed E-state index contributed by atoms with van der Waals surface area (Å²) < 4.78 is 16.4. The number of hydrogen-bond donors (Lipinski definition) is 0. The maximum Gasteiger partial charge on any atom is 0.128 e. The molecule has 2 atom stereocenters. The van der Waals surface area contributed by atoms with Crippen molar-refractivity contribution in [1.29, 1.82) is 0 Å². The number of fused-ring (bicyclic) bond motifs is 17. The van der Waals surface area contributed by atoms with E-state index in [1.54, 1.807) is 0 Å². The van der Waals surface area contributed by atoms with Crippen LogP contribution in [-0.4, -0.2) is 24.4 Å². The third-order valence-electron chi connectivity index (χ3n) is 23.4. The fraction of sp³-hybridized carbons (Fsp3) is 0.0707. The first-order valence-corrected chi connectivity index (χ1v) is 36.6. The number of aromatic nitrogens is 4. The number of hydrogen-bond acceptors (Lipinski definition) is 1. The van der Waals surface area contributed by atoms with E-state index < -0.39 is 0 Å². The molecule has 4 aromatic heterocycles. The molecule has 0 radical (unpaired) electrons. The maximum atomic E-state index is 6.52. The summed E-state index contributed by atoms with van der Waals surface area (Å²) in [6.45, 7) is 4.81. The van der Waals surface area contributed by atoms with Crippen LogP contribution in [0.2, 0.25) is 0 Å². The number of rotatable bonds is 9. The molecule has 0 bridgehead atoms. The molecule has 490 valence electrons. The highest BCUT2D eigenvalue weighted by Crippen LogP contribution is 2.52. The van der Waals surface area contributed by atoms with Gasteiger partial charge in [-0.2, -0.15) is 0 Å². The summed E-state index contributed by atoms with van der Waals surface area (Å²) in [6.07, 6.45) is 15.7. The topological polar surface area (TPSA) is 28.9 Å². The molecule has 18 aromatic rings. The van der Waals surface area contributed by atoms with E-state index in [1.165, 1.54) is 160 Å². The minimum absolute atomic E-state index is 0.0115. The standard InChI is InChI=1S/C99H68N4O/c1-99(2)86-31-11-6-25-75(86)76-51-50-73(56-87(76)99)103-90-34-14-9-27-78(90)83-57-82-77-26-7-12-32-88(77)100(92(82)59-94(83)103)70-48-43-64(44-49-70)62-37-39-65(40-38-62)66-21-16-22-67(53-66)68-45-52-91-81(55-68)85-58-84-79-28-8-13-33-89(79)102(93(84)60-95(85)101(91)71-46-41-63(42-47-71)61-19-4-3-5-20-61)72-24-17-23-69(54-72)74-30-18-36-97-98(74)80-29-10-15-35-96(80)104-97/h3-5,7-24,26-60,80,96H,6,25H2,1-2H3. The first kappa shape index (κ1) is 58.8. The summed E-state index contributed by atoms with van der Waals surface area (Å²) in [5.74, 6) is 1.14. The number of benzene rings is 14. The summed E-state index contributed by atoms with van der Waals surface area (Å²) in [4.78, 5) is 0. The van der Waals surface area contributed by atoms with Crippen LogP contribution < -0.4 is 4.74 Å². The highest BCUT2D eigenvalue weighted by Gasteiger charge is 2.38. The van der Waals surface area contributed by atoms with Crippen molar-refractivity contribution in [2.24, 2.45) is 0 Å². The second-order valence-corrected chi connectivity index (χ2v) is 29.3. The summed E-state index contributed by atoms with van der Waals surface area (Å²) in [5, 5.41) is 9.89. The molecule has 0 saturated heterocycles. The third kappa shape index (κ3) is 8.80. The van der Waals surface area contributed by atoms with Gasteiger partial charge < -0.3 is 23.0 Å². The zero-order valence-corrected chi connectivity index (χ0v) is 57.6. The fourth-order valence-electron chi connectivity index (χ4n) is 18.5. The molecule has 14 aromatic carbocycles. The quantitative estimate of drug-likeness (QED) is 0.142. The Kier molecular flexibility index (Phi) is 12.7. The lowest BCUT2D eigenvalue weighted by atomic mass is 9.80. The van der Waals surface area contributed by atoms with Crippen molar-refractivity contribution >= 4 is 92.8 Å². The van der Waals surface area contributed by atoms with Gasteiger partial charge in [0.15, 0.2) is 0 Å². The van der Waals surface area contributed by atoms with Crippen molar-refractivity contribution in [3.05, 3.63) is 362 Å². The van der Waals surface area contributed by atoms with Crippen molar-refractivity contribution in [2.75, 3.05) is 0 Å². The van der Waals surface area contributed by atoms with Gasteiger partial charge in [0.2, 0.25) is 0 Å². The largest absolute Gasteiger partial charge is 0.485 e. The minimum atomic E-state index is -0.0603. The summed E-state index contributed by atoms with van der Waals surface area (Å²) >= 11 is 0. The van der Waals surface area contributed by atoms with Gasteiger partial charge >= 0.3 is 0 Å². The van der Waals surface area contributed by atoms with Crippen molar-refractivity contribution in [3.63, 3.8) is 0 Å². The van der Waals surface area contributed by atoms with E-state index in [9.17, 15) is 0 Å². The van der Waals surface area contributed by atoms with Gasteiger partial charge in [-0.1, -0.05) is 232 Å². The van der Waals surface area contributed by atoms with Gasteiger partial charge in [0.1, 0.15) is 11.9 Å². The number of ether oxygens (including phenoxy) is 1. The summed E-state index contributed by atoms with van der Waals surface area (Å²) in [5.41, 5.74) is 32.9. The van der Waals surface area contributed by atoms with Gasteiger partial charge in [0.05, 0.1) is 44.1 Å². The number of para-hydroxylation sites is 3. The molecular formula is C99H68N4O. The van der Waals surface area contributed by atoms with E-state index in [4.69, 9.17) is 4.74 Å². The Morgan fingerprint density at radius 3 is 1.40 bits per heavy atom. The Morgan fingerprint density at radius 1 is 0.317 bits per heavy atom. The molecule has 4 aliphatic rings. The van der Waals surface area contributed by atoms with Gasteiger partial charge in [0, 0.05) is 82.7 Å². The number of allylic oxidation sites excluding steroid dienone is 6. The van der Waals surface area contributed by atoms with Crippen LogP contribution in [0.5, 0.6) is 5.75 Å². The van der Waals surface area contributed by atoms with Gasteiger partial charge in [-0.05, 0) is 212 Å². The van der Waals surface area contributed by atoms with Gasteiger partial charge in [-0.3, -0.25) is 0 Å². The molecule has 5 heterocycles. The van der Waals surface area contributed by atoms with E-state index in [0.29, 0.717) is 0 Å². The van der Waals surface area contributed by atoms with Crippen LogP contribution in [0.3, 0.4) is 0 Å². The molecule has 3 aliphatic carbocycles. The van der Waals surface area contributed by atoms with Crippen LogP contribution in [-0.2, 0) is 5.41 Å². The lowest BCUT2D eigenvalue weighted by Crippen LogP contribution is -2.17. The van der Waals surface area contributed by atoms with Gasteiger partial charge in [-0.25, -0.2) is 0 Å². The average molecular weight is 1330 g/mol. The van der Waals surface area contributed by atoms with Crippen LogP contribution >= 0.6 is 0 Å². The monoisotopic (exact) mass is 1330 g/mol. The second-order valence-electron chi connectivity index (χ2n) is 29.3. The molecule has 0 amide bonds. The Balaban J connectivity index is 0.612. The van der Waals surface area contributed by atoms with Crippen LogP contribution in [0.4, 0.5) is 0 Å². The molecule has 104 heavy (non-hydrogen) atoms. The van der Waals surface area contributed by atoms with E-state index in [-0.39, 0.29) is 17.4 Å². The van der Waals surface area contributed by atoms with Crippen molar-refractivity contribution < 1.29 is 4.74 Å². The molecule has 0 spiro atoms. The normalized spacial score (nSPS) is 15.7. The summed E-state index contributed by atoms with van der Waals surface area (Å²) in [7, 11) is 0. The second kappa shape index (κ2) is 22.5. The average Bonchev–Trinajstić information content (AvgIpc) is 1.56. The molecule has 0 N–H and O–H groups in total. The Labute approximate surface area is 602 Å². The van der Waals surface area contributed by atoms with Crippen molar-refractivity contribution in [2.45, 2.75) is 44.1 Å². The van der Waals surface area contributed by atoms with Crippen LogP contribution in [0, 0.1) is 0 Å². The zero-order chi connectivity index (χ0) is 68.5. The Bertz CT molecular complexity index is 6820. The van der Waals surface area contributed by atoms with Gasteiger partial charge in [0.25, 0.3) is 0 Å². The van der Waals surface area contributed by atoms with Crippen LogP contribution in [0.25, 0.3) is 171 Å². The zero-order valence-electron chi connectivity index (χ0n) is 57.6. The van der Waals surface area contributed by atoms with E-state index >= 15 is 0 Å². The predicted octanol–water partition coefficient (Wildman–Crippen LogP) is 25.8. The molecular weight excluding hydrogens is 1260 g/mol. The smallest absolute Gasteiger partial charge is 0.128 e. The molecule has 0 saturated carbocycles. The highest BCUT2D eigenvalue weighted by atomic mass is 16.5. The molecule has 2 unspecified atom stereocenters. The number of nitrogens with zero attached hydrogens (tertiary/aromatic N) is 4. The lowest BCUT2D eigenvalue weighted by molar-refractivity contribution is 0.269. The third-order valence-corrected chi connectivity index (χ3v) is 23.4. The van der Waals surface area contributed by atoms with Crippen molar-refractivity contribution in [1.82, 2.24) is 18.3 Å². The lowest BCUT2D eigenvalue weighted by Gasteiger charge is -2.24. The molecule has 5 nitrogen and oxygen atoms in total. The first-order chi connectivity index (χ1) is 51.3. The van der Waals surface area contributed by atoms with Crippen molar-refractivity contribution in [3.8, 4) is 84.1 Å². The SMILES string of the molecule is CC1(C)C2=C(CCC=C2)c2ccc(-n3c4ccccc4c4cc5c6ccccc6n(-c6ccc(-c7ccc(-c8cccc(-c9ccc%10c(c9)c9cc%11c%12ccccc%12n(-c%12cccc(-c%13cccc%14c%13C%13C=CC=CC%13O%14)c%12)c%11cc9n%10-c9ccc(-c%10ccccc%10)cc9)c8)cc7)cc6)c5cc43)cc21. The molecule has 22 rings (SSSR count). The molecule has 0 fully saturated rings. The minimum Gasteiger partial charge on any atom is -0.485 e. The Hall–Kier alpha value is -13.0. The van der Waals surface area contributed by atoms with Crippen LogP contribution in [0.15, 0.2) is 345 Å². The van der Waals surface area contributed by atoms with E-state index in [2.05, 4.69) is 372 Å². The van der Waals surface area contributed by atoms with E-state index in [0.717, 1.165) is 52.2 Å². The predicted molar refractivity (Wildman–Crippen MR) is 435 cm³/mol. The van der Waals surface area contributed by atoms with Gasteiger partial charge in [-0.15, -0.1) is 0 Å². The maximum absolute atomic E-state index is 6.52. The molecule has 1 aliphatic heterocycles. The van der Waals surface area contributed by atoms with E-state index in [1.807, 2.05) is 0 Å². The Morgan fingerprint density at radius 2 is 0.769 bits per heavy atom. The van der Waals surface area contributed by atoms with Crippen LogP contribution in [0.1, 0.15) is 49.3 Å². The summed E-state index contributed by atoms with van der Waals surface area (Å²) in [6, 6.07) is 114.